The molecule has 5 nitrogen and oxygen atoms in total. The Morgan fingerprint density at radius 2 is 2.11 bits per heavy atom. The highest BCUT2D eigenvalue weighted by Crippen LogP contribution is 2.31. The normalized spacial score (nSPS) is 22.5. The number of benzene rings is 1. The van der Waals surface area contributed by atoms with Crippen LogP contribution < -0.4 is 5.73 Å². The number of nitrogens with two attached hydrogens (primary N) is 1. The van der Waals surface area contributed by atoms with Crippen molar-refractivity contribution in [2.75, 3.05) is 13.1 Å². The first-order valence-corrected chi connectivity index (χ1v) is 6.23. The molecule has 0 spiro atoms. The maximum absolute atomic E-state index is 12.4. The molecule has 1 unspecified atom stereocenters. The molecule has 1 aliphatic rings. The Bertz CT molecular complexity index is 541. The van der Waals surface area contributed by atoms with Gasteiger partial charge in [-0.3, -0.25) is 9.59 Å². The number of phenols is 1. The Labute approximate surface area is 112 Å². The highest BCUT2D eigenvalue weighted by molar-refractivity contribution is 5.97. The lowest BCUT2D eigenvalue weighted by Gasteiger charge is -2.21. The molecule has 5 heteroatoms. The summed E-state index contributed by atoms with van der Waals surface area (Å²) in [5.41, 5.74) is 5.74. The van der Waals surface area contributed by atoms with Crippen LogP contribution in [0.5, 0.6) is 5.75 Å². The second-order valence-corrected chi connectivity index (χ2v) is 5.35. The van der Waals surface area contributed by atoms with Crippen molar-refractivity contribution in [3.05, 3.63) is 29.3 Å². The summed E-state index contributed by atoms with van der Waals surface area (Å²) in [5.74, 6) is -0.448. The van der Waals surface area contributed by atoms with E-state index in [1.165, 1.54) is 0 Å². The number of likely N-dealkylation sites (tertiary alicyclic amines) is 1. The summed E-state index contributed by atoms with van der Waals surface area (Å²) in [6, 6.07) is 4.86. The van der Waals surface area contributed by atoms with Crippen molar-refractivity contribution in [1.29, 1.82) is 0 Å². The molecule has 1 fully saturated rings. The number of nitrogens with zero attached hydrogens (tertiary/aromatic N) is 1. The molecule has 1 aliphatic heterocycles. The number of primary amides is 1. The van der Waals surface area contributed by atoms with E-state index in [1.807, 2.05) is 0 Å². The van der Waals surface area contributed by atoms with E-state index in [9.17, 15) is 14.7 Å². The van der Waals surface area contributed by atoms with Crippen LogP contribution in [0, 0.1) is 12.3 Å². The van der Waals surface area contributed by atoms with Crippen LogP contribution in [0.1, 0.15) is 29.3 Å². The molecule has 1 aromatic rings. The molecule has 0 radical (unpaired) electrons. The van der Waals surface area contributed by atoms with Crippen molar-refractivity contribution in [3.8, 4) is 5.75 Å². The lowest BCUT2D eigenvalue weighted by atomic mass is 9.89. The first-order chi connectivity index (χ1) is 8.85. The third kappa shape index (κ3) is 2.28. The largest absolute Gasteiger partial charge is 0.508 e. The van der Waals surface area contributed by atoms with E-state index in [-0.39, 0.29) is 17.6 Å². The number of rotatable bonds is 2. The zero-order chi connectivity index (χ0) is 14.2. The fraction of sp³-hybridized carbons (Fsp3) is 0.429. The standard InChI is InChI=1S/C14H18N2O3/c1-9-10(4-3-5-11(9)17)12(18)16-7-6-14(2,8-16)13(15)19/h3-5,17H,6-8H2,1-2H3,(H2,15,19). The second kappa shape index (κ2) is 4.57. The zero-order valence-electron chi connectivity index (χ0n) is 11.1. The summed E-state index contributed by atoms with van der Waals surface area (Å²) in [6.45, 7) is 4.31. The van der Waals surface area contributed by atoms with Gasteiger partial charge in [0.2, 0.25) is 5.91 Å². The Morgan fingerprint density at radius 3 is 2.68 bits per heavy atom. The molecule has 0 aromatic heterocycles. The second-order valence-electron chi connectivity index (χ2n) is 5.35. The van der Waals surface area contributed by atoms with Gasteiger partial charge in [0, 0.05) is 24.2 Å². The molecule has 0 saturated carbocycles. The SMILES string of the molecule is Cc1c(O)cccc1C(=O)N1CCC(C)(C(N)=O)C1. The molecule has 0 aliphatic carbocycles. The molecule has 2 rings (SSSR count). The molecule has 1 aromatic carbocycles. The molecular formula is C14H18N2O3. The van der Waals surface area contributed by atoms with Gasteiger partial charge in [-0.25, -0.2) is 0 Å². The average molecular weight is 262 g/mol. The number of hydrogen-bond donors (Lipinski definition) is 2. The van der Waals surface area contributed by atoms with Gasteiger partial charge in [-0.1, -0.05) is 6.07 Å². The first kappa shape index (κ1) is 13.4. The Hall–Kier alpha value is -2.04. The lowest BCUT2D eigenvalue weighted by Crippen LogP contribution is -2.38. The van der Waals surface area contributed by atoms with Gasteiger partial charge in [0.15, 0.2) is 0 Å². The van der Waals surface area contributed by atoms with E-state index in [0.29, 0.717) is 30.6 Å². The number of aromatic hydroxyl groups is 1. The van der Waals surface area contributed by atoms with Crippen molar-refractivity contribution in [3.63, 3.8) is 0 Å². The summed E-state index contributed by atoms with van der Waals surface area (Å²) in [4.78, 5) is 25.4. The first-order valence-electron chi connectivity index (χ1n) is 6.23. The molecular weight excluding hydrogens is 244 g/mol. The lowest BCUT2D eigenvalue weighted by molar-refractivity contribution is -0.126. The van der Waals surface area contributed by atoms with Crippen LogP contribution in [0.2, 0.25) is 0 Å². The van der Waals surface area contributed by atoms with Crippen molar-refractivity contribution < 1.29 is 14.7 Å². The van der Waals surface area contributed by atoms with E-state index < -0.39 is 5.41 Å². The van der Waals surface area contributed by atoms with Crippen LogP contribution in [0.25, 0.3) is 0 Å². The van der Waals surface area contributed by atoms with E-state index >= 15 is 0 Å². The summed E-state index contributed by atoms with van der Waals surface area (Å²) >= 11 is 0. The van der Waals surface area contributed by atoms with Gasteiger partial charge in [-0.15, -0.1) is 0 Å². The maximum atomic E-state index is 12.4. The van der Waals surface area contributed by atoms with E-state index in [4.69, 9.17) is 5.73 Å². The summed E-state index contributed by atoms with van der Waals surface area (Å²) < 4.78 is 0. The van der Waals surface area contributed by atoms with Gasteiger partial charge in [0.1, 0.15) is 5.75 Å². The molecule has 2 amide bonds. The van der Waals surface area contributed by atoms with Gasteiger partial charge in [0.25, 0.3) is 5.91 Å². The number of hydrogen-bond acceptors (Lipinski definition) is 3. The van der Waals surface area contributed by atoms with E-state index in [1.54, 1.807) is 36.9 Å². The minimum absolute atomic E-state index is 0.0997. The molecule has 1 saturated heterocycles. The van der Waals surface area contributed by atoms with Crippen molar-refractivity contribution in [2.45, 2.75) is 20.3 Å². The van der Waals surface area contributed by atoms with Crippen LogP contribution in [0.3, 0.4) is 0 Å². The van der Waals surface area contributed by atoms with Crippen LogP contribution in [-0.4, -0.2) is 34.9 Å². The Balaban J connectivity index is 2.23. The summed E-state index contributed by atoms with van der Waals surface area (Å²) in [5, 5.41) is 9.64. The van der Waals surface area contributed by atoms with Gasteiger partial charge >= 0.3 is 0 Å². The molecule has 1 atom stereocenters. The minimum atomic E-state index is -0.652. The summed E-state index contributed by atoms with van der Waals surface area (Å²) in [6.07, 6.45) is 0.575. The minimum Gasteiger partial charge on any atom is -0.508 e. The fourth-order valence-corrected chi connectivity index (χ4v) is 2.36. The average Bonchev–Trinajstić information content (AvgIpc) is 2.76. The number of amides is 2. The molecule has 3 N–H and O–H groups in total. The third-order valence-corrected chi connectivity index (χ3v) is 3.89. The van der Waals surface area contributed by atoms with Crippen LogP contribution in [-0.2, 0) is 4.79 Å². The fourth-order valence-electron chi connectivity index (χ4n) is 2.36. The van der Waals surface area contributed by atoms with Crippen molar-refractivity contribution in [2.24, 2.45) is 11.1 Å². The van der Waals surface area contributed by atoms with Crippen molar-refractivity contribution >= 4 is 11.8 Å². The van der Waals surface area contributed by atoms with Crippen molar-refractivity contribution in [1.82, 2.24) is 4.90 Å². The van der Waals surface area contributed by atoms with E-state index in [2.05, 4.69) is 0 Å². The smallest absolute Gasteiger partial charge is 0.254 e. The molecule has 1 heterocycles. The van der Waals surface area contributed by atoms with Crippen LogP contribution in [0.15, 0.2) is 18.2 Å². The predicted molar refractivity (Wildman–Crippen MR) is 70.7 cm³/mol. The van der Waals surface area contributed by atoms with Crippen LogP contribution >= 0.6 is 0 Å². The monoisotopic (exact) mass is 262 g/mol. The highest BCUT2D eigenvalue weighted by atomic mass is 16.3. The number of phenolic OH excluding ortho intramolecular Hbond substituents is 1. The molecule has 102 valence electrons. The van der Waals surface area contributed by atoms with Gasteiger partial charge in [0.05, 0.1) is 5.41 Å². The highest BCUT2D eigenvalue weighted by Gasteiger charge is 2.41. The third-order valence-electron chi connectivity index (χ3n) is 3.89. The van der Waals surface area contributed by atoms with E-state index in [0.717, 1.165) is 0 Å². The predicted octanol–water partition coefficient (Wildman–Crippen LogP) is 1.04. The van der Waals surface area contributed by atoms with Gasteiger partial charge in [-0.05, 0) is 32.4 Å². The number of carbonyl (C=O) groups is 2. The number of carbonyl (C=O) groups excluding carboxylic acids is 2. The Morgan fingerprint density at radius 1 is 1.42 bits per heavy atom. The van der Waals surface area contributed by atoms with Crippen LogP contribution in [0.4, 0.5) is 0 Å². The molecule has 0 bridgehead atoms. The quantitative estimate of drug-likeness (QED) is 0.835. The maximum Gasteiger partial charge on any atom is 0.254 e. The summed E-state index contributed by atoms with van der Waals surface area (Å²) in [7, 11) is 0. The molecule has 19 heavy (non-hydrogen) atoms. The Kier molecular flexibility index (Phi) is 3.22. The van der Waals surface area contributed by atoms with Gasteiger partial charge in [-0.2, -0.15) is 0 Å². The van der Waals surface area contributed by atoms with Gasteiger partial charge < -0.3 is 15.7 Å². The topological polar surface area (TPSA) is 83.6 Å². The zero-order valence-corrected chi connectivity index (χ0v) is 11.1.